The Hall–Kier alpha value is -1.36. The van der Waals surface area contributed by atoms with Crippen molar-refractivity contribution in [3.8, 4) is 0 Å². The maximum atomic E-state index is 12.3. The molecule has 2 fully saturated rings. The average molecular weight is 307 g/mol. The van der Waals surface area contributed by atoms with Crippen LogP contribution in [0.5, 0.6) is 0 Å². The first-order valence-corrected chi connectivity index (χ1v) is 8.19. The fourth-order valence-corrected chi connectivity index (χ4v) is 3.83. The van der Waals surface area contributed by atoms with Gasteiger partial charge in [0, 0.05) is 19.4 Å². The van der Waals surface area contributed by atoms with Crippen LogP contribution >= 0.6 is 0 Å². The molecule has 5 atom stereocenters. The Labute approximate surface area is 131 Å². The van der Waals surface area contributed by atoms with Crippen LogP contribution in [0.4, 0.5) is 0 Å². The van der Waals surface area contributed by atoms with Crippen molar-refractivity contribution in [2.24, 2.45) is 11.8 Å². The summed E-state index contributed by atoms with van der Waals surface area (Å²) in [5, 5.41) is 2.77. The van der Waals surface area contributed by atoms with Crippen LogP contribution in [0.1, 0.15) is 46.5 Å². The summed E-state index contributed by atoms with van der Waals surface area (Å²) < 4.78 is 11.6. The lowest BCUT2D eigenvalue weighted by Gasteiger charge is -2.22. The molecule has 0 spiro atoms. The number of rotatable bonds is 2. The topological polar surface area (TPSA) is 67.9 Å². The van der Waals surface area contributed by atoms with Gasteiger partial charge in [0.1, 0.15) is 12.2 Å². The van der Waals surface area contributed by atoms with Crippen LogP contribution in [0.15, 0.2) is 11.6 Å². The number of fused-ring (bicyclic) bond motifs is 3. The highest BCUT2D eigenvalue weighted by Gasteiger charge is 2.62. The first kappa shape index (κ1) is 15.5. The van der Waals surface area contributed by atoms with Crippen LogP contribution in [0.3, 0.4) is 0 Å². The van der Waals surface area contributed by atoms with Crippen LogP contribution in [0.25, 0.3) is 0 Å². The normalized spacial score (nSPS) is 40.9. The molecule has 122 valence electrons. The predicted molar refractivity (Wildman–Crippen MR) is 81.0 cm³/mol. The second-order valence-electron chi connectivity index (χ2n) is 7.09. The number of esters is 1. The molecular formula is C17H25NO4. The lowest BCUT2D eigenvalue weighted by atomic mass is 9.80. The summed E-state index contributed by atoms with van der Waals surface area (Å²) in [4.78, 5) is 23.4. The third-order valence-corrected chi connectivity index (χ3v) is 5.31. The predicted octanol–water partition coefficient (Wildman–Crippen LogP) is 1.96. The van der Waals surface area contributed by atoms with E-state index in [0.29, 0.717) is 6.54 Å². The molecule has 22 heavy (non-hydrogen) atoms. The summed E-state index contributed by atoms with van der Waals surface area (Å²) in [6, 6.07) is 0. The quantitative estimate of drug-likeness (QED) is 0.481. The maximum Gasteiger partial charge on any atom is 0.311 e. The summed E-state index contributed by atoms with van der Waals surface area (Å²) >= 11 is 0. The van der Waals surface area contributed by atoms with Crippen LogP contribution in [0.2, 0.25) is 0 Å². The summed E-state index contributed by atoms with van der Waals surface area (Å²) in [5.74, 6) is -0.440. The molecule has 0 radical (unpaired) electrons. The molecule has 3 aliphatic rings. The SMILES string of the molecule is CC(=O)NC[C@@H]1C(=O)O[C@H]2[C@H]1CCC(C)=CCC[C@@]1(C)O[C@@H]21. The van der Waals surface area contributed by atoms with Gasteiger partial charge in [-0.2, -0.15) is 0 Å². The molecule has 1 aliphatic carbocycles. The summed E-state index contributed by atoms with van der Waals surface area (Å²) in [6.07, 6.45) is 5.98. The van der Waals surface area contributed by atoms with Gasteiger partial charge in [-0.25, -0.2) is 0 Å². The van der Waals surface area contributed by atoms with E-state index in [2.05, 4.69) is 25.2 Å². The van der Waals surface area contributed by atoms with E-state index < -0.39 is 0 Å². The summed E-state index contributed by atoms with van der Waals surface area (Å²) in [5.41, 5.74) is 1.19. The van der Waals surface area contributed by atoms with Crippen LogP contribution < -0.4 is 5.32 Å². The highest BCUT2D eigenvalue weighted by molar-refractivity contribution is 5.78. The van der Waals surface area contributed by atoms with E-state index in [0.717, 1.165) is 25.7 Å². The van der Waals surface area contributed by atoms with Gasteiger partial charge in [0.05, 0.1) is 11.5 Å². The molecule has 2 heterocycles. The van der Waals surface area contributed by atoms with E-state index in [-0.39, 0.29) is 41.5 Å². The molecule has 0 saturated carbocycles. The number of nitrogens with one attached hydrogen (secondary N) is 1. The Bertz CT molecular complexity index is 515. The Morgan fingerprint density at radius 1 is 1.50 bits per heavy atom. The Morgan fingerprint density at radius 3 is 3.00 bits per heavy atom. The Balaban J connectivity index is 1.79. The number of hydrogen-bond donors (Lipinski definition) is 1. The zero-order valence-electron chi connectivity index (χ0n) is 13.6. The number of allylic oxidation sites excluding steroid dienone is 2. The van der Waals surface area contributed by atoms with Gasteiger partial charge in [0.25, 0.3) is 0 Å². The van der Waals surface area contributed by atoms with Crippen molar-refractivity contribution in [2.45, 2.75) is 64.3 Å². The highest BCUT2D eigenvalue weighted by Crippen LogP contribution is 2.50. The fourth-order valence-electron chi connectivity index (χ4n) is 3.83. The first-order chi connectivity index (χ1) is 10.4. The molecule has 1 N–H and O–H groups in total. The third kappa shape index (κ3) is 2.91. The van der Waals surface area contributed by atoms with Crippen molar-refractivity contribution in [2.75, 3.05) is 6.54 Å². The largest absolute Gasteiger partial charge is 0.459 e. The smallest absolute Gasteiger partial charge is 0.311 e. The molecule has 0 aromatic heterocycles. The minimum atomic E-state index is -0.255. The number of hydrogen-bond acceptors (Lipinski definition) is 4. The van der Waals surface area contributed by atoms with Gasteiger partial charge < -0.3 is 14.8 Å². The standard InChI is InChI=1S/C17H25NO4/c1-10-5-4-8-17(3)15(22-17)14-12(7-6-10)13(16(20)21-14)9-18-11(2)19/h5,12-15H,4,6-9H2,1-3H3,(H,18,19)/t12-,13-,14-,15-,17+/m0/s1. The van der Waals surface area contributed by atoms with Gasteiger partial charge in [-0.3, -0.25) is 9.59 Å². The molecule has 0 aromatic rings. The third-order valence-electron chi connectivity index (χ3n) is 5.31. The molecule has 0 bridgehead atoms. The Kier molecular flexibility index (Phi) is 4.02. The molecule has 1 amide bonds. The second-order valence-corrected chi connectivity index (χ2v) is 7.09. The van der Waals surface area contributed by atoms with Crippen molar-refractivity contribution < 1.29 is 19.1 Å². The van der Waals surface area contributed by atoms with E-state index in [1.165, 1.54) is 12.5 Å². The number of carbonyl (C=O) groups excluding carboxylic acids is 2. The van der Waals surface area contributed by atoms with Crippen molar-refractivity contribution in [1.29, 1.82) is 0 Å². The first-order valence-electron chi connectivity index (χ1n) is 8.19. The van der Waals surface area contributed by atoms with E-state index in [9.17, 15) is 9.59 Å². The molecule has 2 saturated heterocycles. The maximum absolute atomic E-state index is 12.3. The number of epoxide rings is 1. The van der Waals surface area contributed by atoms with Crippen LogP contribution in [0, 0.1) is 11.8 Å². The number of ether oxygens (including phenoxy) is 2. The van der Waals surface area contributed by atoms with Gasteiger partial charge >= 0.3 is 5.97 Å². The molecule has 2 aliphatic heterocycles. The van der Waals surface area contributed by atoms with Gasteiger partial charge in [-0.05, 0) is 39.5 Å². The summed E-state index contributed by atoms with van der Waals surface area (Å²) in [7, 11) is 0. The fraction of sp³-hybridized carbons (Fsp3) is 0.765. The van der Waals surface area contributed by atoms with Gasteiger partial charge in [-0.15, -0.1) is 0 Å². The minimum absolute atomic E-state index is 0.00980. The van der Waals surface area contributed by atoms with Crippen molar-refractivity contribution in [3.63, 3.8) is 0 Å². The molecule has 5 nitrogen and oxygen atoms in total. The van der Waals surface area contributed by atoms with E-state index in [1.807, 2.05) is 0 Å². The van der Waals surface area contributed by atoms with E-state index in [4.69, 9.17) is 9.47 Å². The summed E-state index contributed by atoms with van der Waals surface area (Å²) in [6.45, 7) is 6.08. The molecule has 3 rings (SSSR count). The van der Waals surface area contributed by atoms with Crippen molar-refractivity contribution in [1.82, 2.24) is 5.32 Å². The van der Waals surface area contributed by atoms with Crippen LogP contribution in [-0.2, 0) is 19.1 Å². The average Bonchev–Trinajstić information content (AvgIpc) is 3.00. The minimum Gasteiger partial charge on any atom is -0.459 e. The van der Waals surface area contributed by atoms with Gasteiger partial charge in [-0.1, -0.05) is 11.6 Å². The van der Waals surface area contributed by atoms with Crippen LogP contribution in [-0.4, -0.2) is 36.2 Å². The van der Waals surface area contributed by atoms with Crippen molar-refractivity contribution in [3.05, 3.63) is 11.6 Å². The van der Waals surface area contributed by atoms with Gasteiger partial charge in [0.15, 0.2) is 0 Å². The van der Waals surface area contributed by atoms with E-state index >= 15 is 0 Å². The number of carbonyl (C=O) groups is 2. The number of amides is 1. The zero-order chi connectivity index (χ0) is 15.9. The lowest BCUT2D eigenvalue weighted by molar-refractivity contribution is -0.144. The molecule has 0 unspecified atom stereocenters. The van der Waals surface area contributed by atoms with E-state index in [1.54, 1.807) is 0 Å². The molecular weight excluding hydrogens is 282 g/mol. The zero-order valence-corrected chi connectivity index (χ0v) is 13.6. The highest BCUT2D eigenvalue weighted by atomic mass is 16.6. The molecule has 0 aromatic carbocycles. The Morgan fingerprint density at radius 2 is 2.27 bits per heavy atom. The van der Waals surface area contributed by atoms with Gasteiger partial charge in [0.2, 0.25) is 5.91 Å². The van der Waals surface area contributed by atoms with Crippen molar-refractivity contribution >= 4 is 11.9 Å². The molecule has 5 heteroatoms. The second kappa shape index (κ2) is 5.69. The monoisotopic (exact) mass is 307 g/mol. The lowest BCUT2D eigenvalue weighted by Crippen LogP contribution is -2.35.